The van der Waals surface area contributed by atoms with Gasteiger partial charge in [-0.3, -0.25) is 4.57 Å². The number of aliphatic hydroxyl groups excluding tert-OH is 2. The third-order valence-corrected chi connectivity index (χ3v) is 3.88. The highest BCUT2D eigenvalue weighted by atomic mass is 35.5. The number of rotatable bonds is 7. The Morgan fingerprint density at radius 1 is 1.41 bits per heavy atom. The van der Waals surface area contributed by atoms with Crippen molar-refractivity contribution < 1.29 is 14.9 Å². The number of aliphatic hydroxyl groups is 2. The van der Waals surface area contributed by atoms with Gasteiger partial charge in [-0.2, -0.15) is 0 Å². The van der Waals surface area contributed by atoms with E-state index in [9.17, 15) is 5.11 Å². The molecule has 2 aromatic rings. The Labute approximate surface area is 138 Å². The molecule has 0 fully saturated rings. The number of nitrogens with two attached hydrogens (primary N) is 1. The van der Waals surface area contributed by atoms with Crippen LogP contribution in [0.25, 0.3) is 5.69 Å². The molecule has 1 heterocycles. The van der Waals surface area contributed by atoms with E-state index in [1.165, 1.54) is 11.8 Å². The first kappa shape index (κ1) is 18.7. The van der Waals surface area contributed by atoms with E-state index < -0.39 is 6.10 Å². The number of ether oxygens (including phenoxy) is 1. The normalized spacial score (nSPS) is 11.8. The number of aromatic nitrogens is 3. The van der Waals surface area contributed by atoms with Crippen molar-refractivity contribution in [2.24, 2.45) is 5.73 Å². The van der Waals surface area contributed by atoms with Crippen molar-refractivity contribution in [2.75, 3.05) is 19.5 Å². The summed E-state index contributed by atoms with van der Waals surface area (Å²) in [7, 11) is 1.60. The predicted molar refractivity (Wildman–Crippen MR) is 86.9 cm³/mol. The first-order chi connectivity index (χ1) is 10.2. The van der Waals surface area contributed by atoms with Gasteiger partial charge in [-0.1, -0.05) is 17.8 Å². The van der Waals surface area contributed by atoms with Crippen molar-refractivity contribution in [2.45, 2.75) is 17.8 Å². The molecule has 0 saturated carbocycles. The summed E-state index contributed by atoms with van der Waals surface area (Å²) in [5.41, 5.74) is 6.53. The number of hydrogen-bond acceptors (Lipinski definition) is 7. The highest BCUT2D eigenvalue weighted by Crippen LogP contribution is 2.24. The zero-order valence-corrected chi connectivity index (χ0v) is 13.7. The van der Waals surface area contributed by atoms with E-state index in [-0.39, 0.29) is 25.6 Å². The quantitative estimate of drug-likeness (QED) is 0.630. The maximum absolute atomic E-state index is 9.45. The number of nitrogens with zero attached hydrogens (tertiary/aromatic N) is 3. The monoisotopic (exact) mass is 346 g/mol. The van der Waals surface area contributed by atoms with Crippen LogP contribution in [0.1, 0.15) is 5.82 Å². The minimum absolute atomic E-state index is 0. The third-order valence-electron chi connectivity index (χ3n) is 2.81. The number of methoxy groups -OCH3 is 1. The standard InChI is InChI=1S/C13H18N4O3S.ClH/c1-20-11-4-2-3-9(5-11)17-12(6-14)15-16-13(17)21-8-10(19)7-18;/h2-5,10,18-19H,6-8,14H2,1H3;1H. The molecule has 4 N–H and O–H groups in total. The number of halogens is 1. The van der Waals surface area contributed by atoms with Crippen LogP contribution >= 0.6 is 24.2 Å². The number of hydrogen-bond donors (Lipinski definition) is 3. The molecular formula is C13H19ClN4O3S. The number of thioether (sulfide) groups is 1. The molecule has 1 aromatic carbocycles. The maximum Gasteiger partial charge on any atom is 0.195 e. The van der Waals surface area contributed by atoms with Crippen LogP contribution in [0, 0.1) is 0 Å². The Balaban J connectivity index is 0.00000242. The molecule has 0 aliphatic heterocycles. The first-order valence-corrected chi connectivity index (χ1v) is 7.38. The van der Waals surface area contributed by atoms with Crippen LogP contribution in [0.5, 0.6) is 5.75 Å². The van der Waals surface area contributed by atoms with Gasteiger partial charge in [0.05, 0.1) is 32.1 Å². The Morgan fingerprint density at radius 3 is 2.82 bits per heavy atom. The van der Waals surface area contributed by atoms with Crippen LogP contribution in [-0.2, 0) is 6.54 Å². The summed E-state index contributed by atoms with van der Waals surface area (Å²) in [6.07, 6.45) is -0.799. The molecule has 7 nitrogen and oxygen atoms in total. The lowest BCUT2D eigenvalue weighted by Gasteiger charge is -2.11. The van der Waals surface area contributed by atoms with Gasteiger partial charge in [0.2, 0.25) is 0 Å². The average Bonchev–Trinajstić information content (AvgIpc) is 2.95. The van der Waals surface area contributed by atoms with E-state index in [1.807, 2.05) is 28.8 Å². The van der Waals surface area contributed by atoms with Crippen molar-refractivity contribution in [1.29, 1.82) is 0 Å². The summed E-state index contributed by atoms with van der Waals surface area (Å²) in [5.74, 6) is 1.66. The van der Waals surface area contributed by atoms with Gasteiger partial charge in [0.15, 0.2) is 11.0 Å². The van der Waals surface area contributed by atoms with Crippen LogP contribution in [-0.4, -0.2) is 50.6 Å². The fraction of sp³-hybridized carbons (Fsp3) is 0.385. The van der Waals surface area contributed by atoms with E-state index in [1.54, 1.807) is 7.11 Å². The summed E-state index contributed by atoms with van der Waals surface area (Å²) in [6, 6.07) is 7.47. The molecule has 0 saturated heterocycles. The molecule has 0 bridgehead atoms. The fourth-order valence-corrected chi connectivity index (χ4v) is 2.64. The second-order valence-electron chi connectivity index (χ2n) is 4.29. The third kappa shape index (κ3) is 4.34. The minimum atomic E-state index is -0.799. The molecule has 0 radical (unpaired) electrons. The number of benzene rings is 1. The molecule has 0 aliphatic rings. The molecule has 2 rings (SSSR count). The van der Waals surface area contributed by atoms with Gasteiger partial charge in [0.25, 0.3) is 0 Å². The Morgan fingerprint density at radius 2 is 2.18 bits per heavy atom. The van der Waals surface area contributed by atoms with E-state index in [0.29, 0.717) is 16.7 Å². The van der Waals surface area contributed by atoms with Crippen LogP contribution < -0.4 is 10.5 Å². The Bertz CT molecular complexity index is 596. The summed E-state index contributed by atoms with van der Waals surface area (Å²) in [4.78, 5) is 0. The smallest absolute Gasteiger partial charge is 0.195 e. The van der Waals surface area contributed by atoms with Gasteiger partial charge >= 0.3 is 0 Å². The predicted octanol–water partition coefficient (Wildman–Crippen LogP) is 0.602. The molecule has 0 spiro atoms. The van der Waals surface area contributed by atoms with Crippen molar-refractivity contribution in [3.63, 3.8) is 0 Å². The molecule has 1 aromatic heterocycles. The summed E-state index contributed by atoms with van der Waals surface area (Å²) >= 11 is 1.31. The Kier molecular flexibility index (Phi) is 7.63. The van der Waals surface area contributed by atoms with Gasteiger partial charge < -0.3 is 20.7 Å². The fourth-order valence-electron chi connectivity index (χ4n) is 1.76. The topological polar surface area (TPSA) is 106 Å². The van der Waals surface area contributed by atoms with Crippen LogP contribution in [0.15, 0.2) is 29.4 Å². The molecule has 9 heteroatoms. The largest absolute Gasteiger partial charge is 0.497 e. The van der Waals surface area contributed by atoms with Gasteiger partial charge in [0, 0.05) is 11.8 Å². The highest BCUT2D eigenvalue weighted by Gasteiger charge is 2.15. The highest BCUT2D eigenvalue weighted by molar-refractivity contribution is 7.99. The molecule has 122 valence electrons. The molecular weight excluding hydrogens is 328 g/mol. The van der Waals surface area contributed by atoms with E-state index in [0.717, 1.165) is 11.4 Å². The SMILES string of the molecule is COc1cccc(-n2c(CN)nnc2SCC(O)CO)c1.Cl. The van der Waals surface area contributed by atoms with Gasteiger partial charge in [-0.25, -0.2) is 0 Å². The van der Waals surface area contributed by atoms with E-state index >= 15 is 0 Å². The summed E-state index contributed by atoms with van der Waals surface area (Å²) in [5, 5.41) is 27.1. The van der Waals surface area contributed by atoms with Crippen molar-refractivity contribution in [1.82, 2.24) is 14.8 Å². The van der Waals surface area contributed by atoms with Gasteiger partial charge in [-0.15, -0.1) is 22.6 Å². The lowest BCUT2D eigenvalue weighted by Crippen LogP contribution is -2.15. The first-order valence-electron chi connectivity index (χ1n) is 6.40. The Hall–Kier alpha value is -1.32. The van der Waals surface area contributed by atoms with Crippen molar-refractivity contribution in [3.05, 3.63) is 30.1 Å². The molecule has 0 aliphatic carbocycles. The maximum atomic E-state index is 9.45. The second-order valence-corrected chi connectivity index (χ2v) is 5.27. The zero-order chi connectivity index (χ0) is 15.2. The summed E-state index contributed by atoms with van der Waals surface area (Å²) < 4.78 is 7.03. The zero-order valence-electron chi connectivity index (χ0n) is 12.0. The lowest BCUT2D eigenvalue weighted by molar-refractivity contribution is 0.113. The van der Waals surface area contributed by atoms with E-state index in [2.05, 4.69) is 10.2 Å². The van der Waals surface area contributed by atoms with Crippen LogP contribution in [0.4, 0.5) is 0 Å². The average molecular weight is 347 g/mol. The molecule has 0 amide bonds. The molecule has 1 atom stereocenters. The van der Waals surface area contributed by atoms with Crippen molar-refractivity contribution in [3.8, 4) is 11.4 Å². The van der Waals surface area contributed by atoms with E-state index in [4.69, 9.17) is 15.6 Å². The van der Waals surface area contributed by atoms with Gasteiger partial charge in [0.1, 0.15) is 5.75 Å². The molecule has 22 heavy (non-hydrogen) atoms. The van der Waals surface area contributed by atoms with Crippen LogP contribution in [0.2, 0.25) is 0 Å². The second kappa shape index (κ2) is 8.96. The van der Waals surface area contributed by atoms with Crippen LogP contribution in [0.3, 0.4) is 0 Å². The molecule has 1 unspecified atom stereocenters. The lowest BCUT2D eigenvalue weighted by atomic mass is 10.3. The van der Waals surface area contributed by atoms with Gasteiger partial charge in [-0.05, 0) is 12.1 Å². The van der Waals surface area contributed by atoms with Crippen molar-refractivity contribution >= 4 is 24.2 Å². The summed E-state index contributed by atoms with van der Waals surface area (Å²) in [6.45, 7) is -0.0443. The minimum Gasteiger partial charge on any atom is -0.497 e.